The third kappa shape index (κ3) is 3.71. The molecule has 0 saturated heterocycles. The first-order valence-corrected chi connectivity index (χ1v) is 7.67. The van der Waals surface area contributed by atoms with Gasteiger partial charge in [-0.05, 0) is 19.9 Å². The van der Waals surface area contributed by atoms with Crippen LogP contribution in [0.15, 0.2) is 30.5 Å². The van der Waals surface area contributed by atoms with Gasteiger partial charge < -0.3 is 10.2 Å². The van der Waals surface area contributed by atoms with Crippen LogP contribution in [0.2, 0.25) is 5.02 Å². The number of nitrogens with one attached hydrogen (secondary N) is 2. The lowest BCUT2D eigenvalue weighted by Gasteiger charge is -2.20. The van der Waals surface area contributed by atoms with Gasteiger partial charge in [0, 0.05) is 24.2 Å². The molecule has 0 aliphatic carbocycles. The van der Waals surface area contributed by atoms with Crippen molar-refractivity contribution >= 4 is 23.4 Å². The Morgan fingerprint density at radius 3 is 2.74 bits per heavy atom. The van der Waals surface area contributed by atoms with Crippen molar-refractivity contribution in [2.24, 2.45) is 0 Å². The van der Waals surface area contributed by atoms with Crippen molar-refractivity contribution in [1.82, 2.24) is 20.4 Å². The van der Waals surface area contributed by atoms with E-state index in [4.69, 9.17) is 11.6 Å². The van der Waals surface area contributed by atoms with E-state index >= 15 is 0 Å². The molecule has 0 bridgehead atoms. The molecule has 2 N–H and O–H groups in total. The lowest BCUT2D eigenvalue weighted by atomic mass is 10.1. The predicted octanol–water partition coefficient (Wildman–Crippen LogP) is 2.33. The zero-order valence-corrected chi connectivity index (χ0v) is 14.0. The van der Waals surface area contributed by atoms with Crippen molar-refractivity contribution in [3.63, 3.8) is 0 Å². The van der Waals surface area contributed by atoms with Crippen LogP contribution in [0, 0.1) is 0 Å². The van der Waals surface area contributed by atoms with Crippen molar-refractivity contribution in [3.8, 4) is 11.3 Å². The molecular weight excluding hydrogens is 316 g/mol. The van der Waals surface area contributed by atoms with Crippen molar-refractivity contribution in [2.75, 3.05) is 13.6 Å². The average molecular weight is 335 g/mol. The van der Waals surface area contributed by atoms with Crippen molar-refractivity contribution in [3.05, 3.63) is 41.0 Å². The number of benzene rings is 1. The van der Waals surface area contributed by atoms with E-state index < -0.39 is 6.04 Å². The fourth-order valence-corrected chi connectivity index (χ4v) is 2.38. The van der Waals surface area contributed by atoms with Crippen LogP contribution >= 0.6 is 11.6 Å². The molecule has 1 aromatic heterocycles. The fourth-order valence-electron chi connectivity index (χ4n) is 2.15. The van der Waals surface area contributed by atoms with E-state index in [0.29, 0.717) is 28.4 Å². The molecule has 0 radical (unpaired) electrons. The third-order valence-corrected chi connectivity index (χ3v) is 3.93. The number of aromatic nitrogens is 2. The molecule has 122 valence electrons. The monoisotopic (exact) mass is 334 g/mol. The summed E-state index contributed by atoms with van der Waals surface area (Å²) in [5.74, 6) is -0.525. The normalized spacial score (nSPS) is 11.8. The number of amides is 2. The van der Waals surface area contributed by atoms with Gasteiger partial charge in [0.05, 0.1) is 17.5 Å². The number of H-pyrrole nitrogens is 1. The second-order valence-corrected chi connectivity index (χ2v) is 5.59. The summed E-state index contributed by atoms with van der Waals surface area (Å²) in [5.41, 5.74) is 1.55. The summed E-state index contributed by atoms with van der Waals surface area (Å²) in [6.45, 7) is 4.11. The maximum Gasteiger partial charge on any atom is 0.255 e. The zero-order chi connectivity index (χ0) is 17.0. The predicted molar refractivity (Wildman–Crippen MR) is 89.3 cm³/mol. The summed E-state index contributed by atoms with van der Waals surface area (Å²) in [6.07, 6.45) is 1.43. The number of carbonyl (C=O) groups is 2. The van der Waals surface area contributed by atoms with Gasteiger partial charge in [0.2, 0.25) is 5.91 Å². The number of aromatic amines is 1. The van der Waals surface area contributed by atoms with Gasteiger partial charge in [-0.1, -0.05) is 29.8 Å². The standard InChI is InChI=1S/C16H19ClN4O2/c1-4-21(3)16(23)10(2)19-15(22)12-9-18-20-14(12)11-7-5-6-8-13(11)17/h5-10H,4H2,1-3H3,(H,18,20)(H,19,22)/t10-/m0/s1. The van der Waals surface area contributed by atoms with Crippen LogP contribution in [0.3, 0.4) is 0 Å². The Morgan fingerprint density at radius 2 is 2.09 bits per heavy atom. The van der Waals surface area contributed by atoms with Crippen LogP contribution < -0.4 is 5.32 Å². The Bertz CT molecular complexity index is 714. The topological polar surface area (TPSA) is 78.1 Å². The molecule has 2 rings (SSSR count). The third-order valence-electron chi connectivity index (χ3n) is 3.60. The molecule has 0 aliphatic heterocycles. The number of hydrogen-bond acceptors (Lipinski definition) is 3. The highest BCUT2D eigenvalue weighted by molar-refractivity contribution is 6.33. The van der Waals surface area contributed by atoms with Crippen molar-refractivity contribution in [2.45, 2.75) is 19.9 Å². The first-order chi connectivity index (χ1) is 11.0. The van der Waals surface area contributed by atoms with Crippen LogP contribution in [0.4, 0.5) is 0 Å². The van der Waals surface area contributed by atoms with Gasteiger partial charge in [0.15, 0.2) is 0 Å². The highest BCUT2D eigenvalue weighted by Gasteiger charge is 2.22. The van der Waals surface area contributed by atoms with Gasteiger partial charge >= 0.3 is 0 Å². The minimum atomic E-state index is -0.624. The number of hydrogen-bond donors (Lipinski definition) is 2. The molecular formula is C16H19ClN4O2. The SMILES string of the molecule is CCN(C)C(=O)[C@H](C)NC(=O)c1cn[nH]c1-c1ccccc1Cl. The summed E-state index contributed by atoms with van der Waals surface area (Å²) < 4.78 is 0. The fraction of sp³-hybridized carbons (Fsp3) is 0.312. The molecule has 0 fully saturated rings. The molecule has 2 amide bonds. The van der Waals surface area contributed by atoms with Crippen LogP contribution in [0.5, 0.6) is 0 Å². The summed E-state index contributed by atoms with van der Waals surface area (Å²) >= 11 is 6.17. The lowest BCUT2D eigenvalue weighted by molar-refractivity contribution is -0.131. The second kappa shape index (κ2) is 7.28. The van der Waals surface area contributed by atoms with E-state index in [1.165, 1.54) is 6.20 Å². The molecule has 1 aromatic carbocycles. The van der Waals surface area contributed by atoms with Gasteiger partial charge in [-0.15, -0.1) is 0 Å². The largest absolute Gasteiger partial charge is 0.344 e. The Kier molecular flexibility index (Phi) is 5.39. The molecule has 1 heterocycles. The number of carbonyl (C=O) groups excluding carboxylic acids is 2. The molecule has 0 aliphatic rings. The van der Waals surface area contributed by atoms with Crippen LogP contribution in [0.25, 0.3) is 11.3 Å². The van der Waals surface area contributed by atoms with Gasteiger partial charge in [-0.3, -0.25) is 14.7 Å². The van der Waals surface area contributed by atoms with Crippen LogP contribution in [-0.2, 0) is 4.79 Å². The Labute approximate surface area is 139 Å². The molecule has 0 unspecified atom stereocenters. The van der Waals surface area contributed by atoms with Gasteiger partial charge in [-0.2, -0.15) is 5.10 Å². The minimum absolute atomic E-state index is 0.149. The van der Waals surface area contributed by atoms with Crippen LogP contribution in [0.1, 0.15) is 24.2 Å². The maximum atomic E-state index is 12.5. The summed E-state index contributed by atoms with van der Waals surface area (Å²) in [7, 11) is 1.69. The number of nitrogens with zero attached hydrogens (tertiary/aromatic N) is 2. The van der Waals surface area contributed by atoms with Gasteiger partial charge in [-0.25, -0.2) is 0 Å². The number of rotatable bonds is 5. The smallest absolute Gasteiger partial charge is 0.255 e. The molecule has 1 atom stereocenters. The summed E-state index contributed by atoms with van der Waals surface area (Å²) in [5, 5.41) is 9.92. The van der Waals surface area contributed by atoms with Gasteiger partial charge in [0.1, 0.15) is 6.04 Å². The Balaban J connectivity index is 2.21. The first-order valence-electron chi connectivity index (χ1n) is 7.29. The molecule has 0 saturated carbocycles. The van der Waals surface area contributed by atoms with E-state index in [9.17, 15) is 9.59 Å². The number of likely N-dealkylation sites (N-methyl/N-ethyl adjacent to an activating group) is 1. The van der Waals surface area contributed by atoms with E-state index in [1.807, 2.05) is 19.1 Å². The Morgan fingerprint density at radius 1 is 1.39 bits per heavy atom. The molecule has 23 heavy (non-hydrogen) atoms. The average Bonchev–Trinajstić information content (AvgIpc) is 3.03. The maximum absolute atomic E-state index is 12.5. The first kappa shape index (κ1) is 17.0. The molecule has 6 nitrogen and oxygen atoms in total. The minimum Gasteiger partial charge on any atom is -0.344 e. The van der Waals surface area contributed by atoms with E-state index in [2.05, 4.69) is 15.5 Å². The van der Waals surface area contributed by atoms with E-state index in [1.54, 1.807) is 31.0 Å². The Hall–Kier alpha value is -2.34. The van der Waals surface area contributed by atoms with Crippen molar-refractivity contribution < 1.29 is 9.59 Å². The zero-order valence-electron chi connectivity index (χ0n) is 13.3. The van der Waals surface area contributed by atoms with Gasteiger partial charge in [0.25, 0.3) is 5.91 Å². The van der Waals surface area contributed by atoms with E-state index in [0.717, 1.165) is 0 Å². The lowest BCUT2D eigenvalue weighted by Crippen LogP contribution is -2.45. The summed E-state index contributed by atoms with van der Waals surface area (Å²) in [6, 6.07) is 6.55. The molecule has 0 spiro atoms. The summed E-state index contributed by atoms with van der Waals surface area (Å²) in [4.78, 5) is 26.1. The quantitative estimate of drug-likeness (QED) is 0.880. The molecule has 2 aromatic rings. The second-order valence-electron chi connectivity index (χ2n) is 5.19. The number of halogens is 1. The van der Waals surface area contributed by atoms with E-state index in [-0.39, 0.29) is 11.8 Å². The van der Waals surface area contributed by atoms with Crippen LogP contribution in [-0.4, -0.2) is 46.5 Å². The van der Waals surface area contributed by atoms with Crippen molar-refractivity contribution in [1.29, 1.82) is 0 Å². The highest BCUT2D eigenvalue weighted by Crippen LogP contribution is 2.28. The molecule has 7 heteroatoms. The highest BCUT2D eigenvalue weighted by atomic mass is 35.5.